The molecule has 24 heavy (non-hydrogen) atoms. The molecule has 4 heteroatoms. The maximum atomic E-state index is 12.1. The lowest BCUT2D eigenvalue weighted by Crippen LogP contribution is -2.32. The van der Waals surface area contributed by atoms with E-state index in [1.807, 2.05) is 19.1 Å². The fourth-order valence-corrected chi connectivity index (χ4v) is 2.82. The first-order valence-corrected chi connectivity index (χ1v) is 8.32. The summed E-state index contributed by atoms with van der Waals surface area (Å²) in [4.78, 5) is 12.1. The van der Waals surface area contributed by atoms with Crippen molar-refractivity contribution in [1.82, 2.24) is 0 Å². The number of hydrogen-bond donors (Lipinski definition) is 1. The Balaban J connectivity index is 2.32. The molecule has 1 aliphatic heterocycles. The number of ether oxygens (including phenoxy) is 2. The lowest BCUT2D eigenvalue weighted by atomic mass is 9.92. The van der Waals surface area contributed by atoms with E-state index < -0.39 is 11.6 Å². The Hall–Kier alpha value is -2.23. The Labute approximate surface area is 143 Å². The van der Waals surface area contributed by atoms with Gasteiger partial charge in [-0.05, 0) is 71.2 Å². The van der Waals surface area contributed by atoms with Crippen molar-refractivity contribution in [1.29, 1.82) is 0 Å². The van der Waals surface area contributed by atoms with Gasteiger partial charge in [0.15, 0.2) is 0 Å². The number of carbonyl (C=O) groups is 1. The summed E-state index contributed by atoms with van der Waals surface area (Å²) in [6.07, 6.45) is 7.72. The van der Waals surface area contributed by atoms with Gasteiger partial charge in [0, 0.05) is 0 Å². The fraction of sp³-hybridized carbons (Fsp3) is 0.450. The molecule has 0 aliphatic carbocycles. The summed E-state index contributed by atoms with van der Waals surface area (Å²) in [5.74, 6) is 0.00638. The van der Waals surface area contributed by atoms with Gasteiger partial charge in [0.25, 0.3) is 0 Å². The fourth-order valence-electron chi connectivity index (χ4n) is 2.82. The topological polar surface area (TPSA) is 55.8 Å². The van der Waals surface area contributed by atoms with Crippen molar-refractivity contribution in [3.63, 3.8) is 0 Å². The van der Waals surface area contributed by atoms with Crippen LogP contribution in [0.15, 0.2) is 23.8 Å². The van der Waals surface area contributed by atoms with Gasteiger partial charge in [0.05, 0.1) is 12.2 Å². The predicted octanol–water partition coefficient (Wildman–Crippen LogP) is 4.79. The van der Waals surface area contributed by atoms with Gasteiger partial charge >= 0.3 is 5.97 Å². The number of fused-ring (bicyclic) bond motifs is 1. The van der Waals surface area contributed by atoms with E-state index in [-0.39, 0.29) is 17.9 Å². The van der Waals surface area contributed by atoms with Crippen LogP contribution in [-0.2, 0) is 4.74 Å². The van der Waals surface area contributed by atoms with Crippen LogP contribution in [0.3, 0.4) is 0 Å². The van der Waals surface area contributed by atoms with Crippen LogP contribution >= 0.6 is 0 Å². The van der Waals surface area contributed by atoms with E-state index in [1.54, 1.807) is 19.9 Å². The maximum Gasteiger partial charge on any atom is 0.342 e. The van der Waals surface area contributed by atoms with Gasteiger partial charge in [0.1, 0.15) is 22.7 Å². The largest absolute Gasteiger partial charge is 0.506 e. The first-order chi connectivity index (χ1) is 11.3. The Morgan fingerprint density at radius 1 is 1.42 bits per heavy atom. The summed E-state index contributed by atoms with van der Waals surface area (Å²) in [5, 5.41) is 10.5. The van der Waals surface area contributed by atoms with Crippen LogP contribution in [0.1, 0.15) is 62.0 Å². The van der Waals surface area contributed by atoms with Gasteiger partial charge < -0.3 is 14.6 Å². The number of phenolic OH excluding ortho intramolecular Hbond substituents is 1. The van der Waals surface area contributed by atoms with E-state index >= 15 is 0 Å². The van der Waals surface area contributed by atoms with E-state index in [2.05, 4.69) is 19.9 Å². The molecule has 0 amide bonds. The van der Waals surface area contributed by atoms with E-state index in [4.69, 9.17) is 9.47 Å². The number of phenols is 1. The zero-order valence-electron chi connectivity index (χ0n) is 15.1. The van der Waals surface area contributed by atoms with Crippen LogP contribution < -0.4 is 4.74 Å². The normalized spacial score (nSPS) is 18.5. The number of esters is 1. The van der Waals surface area contributed by atoms with Crippen LogP contribution in [0.4, 0.5) is 0 Å². The minimum atomic E-state index is -0.513. The molecule has 130 valence electrons. The standard InChI is InChI=1S/C20H26O4/c1-6-23-19(22)17-14(4)12-16-15(18(17)21)9-11-20(5,24-16)10-7-8-13(2)3/h8-9,11-12,21H,6-7,10H2,1-5H3. The molecular weight excluding hydrogens is 304 g/mol. The monoisotopic (exact) mass is 330 g/mol. The molecule has 0 radical (unpaired) electrons. The number of aromatic hydroxyl groups is 1. The molecule has 1 heterocycles. The van der Waals surface area contributed by atoms with E-state index in [0.29, 0.717) is 16.9 Å². The number of rotatable bonds is 5. The maximum absolute atomic E-state index is 12.1. The molecule has 1 unspecified atom stereocenters. The Morgan fingerprint density at radius 3 is 2.75 bits per heavy atom. The van der Waals surface area contributed by atoms with Crippen molar-refractivity contribution in [2.45, 2.75) is 53.1 Å². The molecule has 0 fully saturated rings. The Bertz CT molecular complexity index is 696. The first-order valence-electron chi connectivity index (χ1n) is 8.32. The summed E-state index contributed by atoms with van der Waals surface area (Å²) < 4.78 is 11.2. The van der Waals surface area contributed by atoms with Crippen LogP contribution in [-0.4, -0.2) is 23.3 Å². The second-order valence-electron chi connectivity index (χ2n) is 6.62. The minimum absolute atomic E-state index is 0.0777. The summed E-state index contributed by atoms with van der Waals surface area (Å²) in [6, 6.07) is 1.80. The number of benzene rings is 1. The average Bonchev–Trinajstić information content (AvgIpc) is 2.46. The second-order valence-corrected chi connectivity index (χ2v) is 6.62. The lowest BCUT2D eigenvalue weighted by molar-refractivity contribution is 0.0522. The molecule has 1 atom stereocenters. The molecule has 1 aromatic carbocycles. The number of carbonyl (C=O) groups excluding carboxylic acids is 1. The molecule has 0 bridgehead atoms. The highest BCUT2D eigenvalue weighted by Crippen LogP contribution is 2.41. The molecule has 0 saturated heterocycles. The molecular formula is C20H26O4. The van der Waals surface area contributed by atoms with Gasteiger partial charge in [-0.2, -0.15) is 0 Å². The van der Waals surface area contributed by atoms with Crippen LogP contribution in [0.25, 0.3) is 6.08 Å². The number of allylic oxidation sites excluding steroid dienone is 2. The SMILES string of the molecule is CCOC(=O)c1c(C)cc2c(c1O)C=CC(C)(CCC=C(C)C)O2. The van der Waals surface area contributed by atoms with Crippen LogP contribution in [0, 0.1) is 6.92 Å². The average molecular weight is 330 g/mol. The summed E-state index contributed by atoms with van der Waals surface area (Å²) in [7, 11) is 0. The number of hydrogen-bond acceptors (Lipinski definition) is 4. The Morgan fingerprint density at radius 2 is 2.12 bits per heavy atom. The van der Waals surface area contributed by atoms with E-state index in [9.17, 15) is 9.90 Å². The van der Waals surface area contributed by atoms with Gasteiger partial charge in [0.2, 0.25) is 0 Å². The predicted molar refractivity (Wildman–Crippen MR) is 95.5 cm³/mol. The third kappa shape index (κ3) is 3.81. The smallest absolute Gasteiger partial charge is 0.342 e. The Kier molecular flexibility index (Phi) is 5.37. The van der Waals surface area contributed by atoms with Crippen molar-refractivity contribution >= 4 is 12.0 Å². The second kappa shape index (κ2) is 7.12. The summed E-state index contributed by atoms with van der Waals surface area (Å²) in [5.41, 5.74) is 2.24. The molecule has 1 aliphatic rings. The van der Waals surface area contributed by atoms with Gasteiger partial charge in [-0.25, -0.2) is 4.79 Å². The summed E-state index contributed by atoms with van der Waals surface area (Å²) in [6.45, 7) is 9.96. The van der Waals surface area contributed by atoms with E-state index in [1.165, 1.54) is 5.57 Å². The van der Waals surface area contributed by atoms with E-state index in [0.717, 1.165) is 12.8 Å². The lowest BCUT2D eigenvalue weighted by Gasteiger charge is -2.32. The molecule has 0 saturated carbocycles. The van der Waals surface area contributed by atoms with Crippen LogP contribution in [0.2, 0.25) is 0 Å². The molecule has 0 spiro atoms. The quantitative estimate of drug-likeness (QED) is 0.623. The molecule has 4 nitrogen and oxygen atoms in total. The summed E-state index contributed by atoms with van der Waals surface area (Å²) >= 11 is 0. The number of aryl methyl sites for hydroxylation is 1. The molecule has 1 N–H and O–H groups in total. The molecule has 2 rings (SSSR count). The zero-order chi connectivity index (χ0) is 17.9. The molecule has 1 aromatic rings. The van der Waals surface area contributed by atoms with Crippen molar-refractivity contribution in [2.75, 3.05) is 6.61 Å². The minimum Gasteiger partial charge on any atom is -0.506 e. The van der Waals surface area contributed by atoms with Crippen molar-refractivity contribution < 1.29 is 19.4 Å². The third-order valence-electron chi connectivity index (χ3n) is 4.12. The van der Waals surface area contributed by atoms with Gasteiger partial charge in [-0.15, -0.1) is 0 Å². The van der Waals surface area contributed by atoms with Crippen molar-refractivity contribution in [2.24, 2.45) is 0 Å². The van der Waals surface area contributed by atoms with Gasteiger partial charge in [-0.1, -0.05) is 11.6 Å². The zero-order valence-corrected chi connectivity index (χ0v) is 15.1. The first kappa shape index (κ1) is 18.1. The molecule has 0 aromatic heterocycles. The van der Waals surface area contributed by atoms with Crippen molar-refractivity contribution in [3.8, 4) is 11.5 Å². The van der Waals surface area contributed by atoms with Gasteiger partial charge in [-0.3, -0.25) is 0 Å². The highest BCUT2D eigenvalue weighted by atomic mass is 16.5. The highest BCUT2D eigenvalue weighted by Gasteiger charge is 2.30. The highest BCUT2D eigenvalue weighted by molar-refractivity contribution is 5.96. The third-order valence-corrected chi connectivity index (χ3v) is 4.12. The van der Waals surface area contributed by atoms with Crippen molar-refractivity contribution in [3.05, 3.63) is 40.5 Å². The van der Waals surface area contributed by atoms with Crippen LogP contribution in [0.5, 0.6) is 11.5 Å².